The lowest BCUT2D eigenvalue weighted by molar-refractivity contribution is -0.136. The number of nitrogens with zero attached hydrogens (tertiary/aromatic N) is 2. The number of ether oxygens (including phenoxy) is 2. The number of methoxy groups -OCH3 is 2. The van der Waals surface area contributed by atoms with Crippen molar-refractivity contribution in [3.63, 3.8) is 0 Å². The van der Waals surface area contributed by atoms with Gasteiger partial charge in [0, 0.05) is 31.5 Å². The first kappa shape index (κ1) is 21.6. The molecule has 2 aromatic rings. The highest BCUT2D eigenvalue weighted by Gasteiger charge is 2.22. The van der Waals surface area contributed by atoms with E-state index in [1.54, 1.807) is 24.4 Å². The van der Waals surface area contributed by atoms with Crippen molar-refractivity contribution in [2.45, 2.75) is 19.4 Å². The lowest BCUT2D eigenvalue weighted by Crippen LogP contribution is -2.41. The summed E-state index contributed by atoms with van der Waals surface area (Å²) < 4.78 is 10.4. The maximum atomic E-state index is 12.3. The molecule has 1 saturated heterocycles. The smallest absolute Gasteiger partial charge is 0.313 e. The molecule has 0 aliphatic carbocycles. The Bertz CT molecular complexity index is 851. The van der Waals surface area contributed by atoms with Gasteiger partial charge in [-0.2, -0.15) is 0 Å². The Morgan fingerprint density at radius 3 is 2.60 bits per heavy atom. The largest absolute Gasteiger partial charge is 0.497 e. The number of benzene rings is 1. The quantitative estimate of drug-likeness (QED) is 0.677. The first-order valence-corrected chi connectivity index (χ1v) is 10.0. The number of hydrogen-bond acceptors (Lipinski definition) is 6. The Balaban J connectivity index is 1.43. The van der Waals surface area contributed by atoms with E-state index in [1.165, 1.54) is 19.8 Å². The van der Waals surface area contributed by atoms with Crippen molar-refractivity contribution in [1.82, 2.24) is 15.2 Å². The molecule has 0 saturated carbocycles. The first-order valence-electron chi connectivity index (χ1n) is 10.0. The molecule has 1 aromatic carbocycles. The summed E-state index contributed by atoms with van der Waals surface area (Å²) in [4.78, 5) is 31.1. The highest BCUT2D eigenvalue weighted by atomic mass is 16.5. The molecule has 1 aliphatic heterocycles. The number of likely N-dealkylation sites (tertiary alicyclic amines) is 1. The molecule has 0 radical (unpaired) electrons. The highest BCUT2D eigenvalue weighted by molar-refractivity contribution is 6.39. The van der Waals surface area contributed by atoms with Crippen LogP contribution in [0.15, 0.2) is 42.7 Å². The molecule has 2 heterocycles. The molecule has 0 unspecified atom stereocenters. The predicted octanol–water partition coefficient (Wildman–Crippen LogP) is 2.07. The molecule has 2 N–H and O–H groups in total. The van der Waals surface area contributed by atoms with Crippen LogP contribution in [0.25, 0.3) is 0 Å². The predicted molar refractivity (Wildman–Crippen MR) is 113 cm³/mol. The molecule has 1 aliphatic rings. The van der Waals surface area contributed by atoms with Gasteiger partial charge in [-0.3, -0.25) is 19.5 Å². The number of carbonyl (C=O) groups is 2. The van der Waals surface area contributed by atoms with Gasteiger partial charge >= 0.3 is 11.8 Å². The zero-order valence-corrected chi connectivity index (χ0v) is 17.4. The number of piperidine rings is 1. The monoisotopic (exact) mass is 412 g/mol. The van der Waals surface area contributed by atoms with Crippen LogP contribution in [0.2, 0.25) is 0 Å². The van der Waals surface area contributed by atoms with Gasteiger partial charge in [-0.25, -0.2) is 0 Å². The standard InChI is InChI=1S/C22H28N4O4/c1-29-18-5-6-20(30-2)19(12-18)25-22(28)21(27)24-14-16-7-10-26(11-8-16)15-17-4-3-9-23-13-17/h3-6,9,12-13,16H,7-8,10-11,14-15H2,1-2H3,(H,24,27)(H,25,28). The topological polar surface area (TPSA) is 92.8 Å². The van der Waals surface area contributed by atoms with Crippen LogP contribution in [0.3, 0.4) is 0 Å². The van der Waals surface area contributed by atoms with E-state index < -0.39 is 11.8 Å². The Labute approximate surface area is 176 Å². The van der Waals surface area contributed by atoms with Gasteiger partial charge in [0.25, 0.3) is 0 Å². The van der Waals surface area contributed by atoms with Gasteiger partial charge in [0.15, 0.2) is 0 Å². The number of pyridine rings is 1. The number of aromatic nitrogens is 1. The summed E-state index contributed by atoms with van der Waals surface area (Å²) >= 11 is 0. The van der Waals surface area contributed by atoms with Crippen LogP contribution >= 0.6 is 0 Å². The third-order valence-electron chi connectivity index (χ3n) is 5.25. The second-order valence-corrected chi connectivity index (χ2v) is 7.31. The van der Waals surface area contributed by atoms with Crippen molar-refractivity contribution in [1.29, 1.82) is 0 Å². The van der Waals surface area contributed by atoms with Gasteiger partial charge in [0.1, 0.15) is 11.5 Å². The van der Waals surface area contributed by atoms with Gasteiger partial charge in [0.2, 0.25) is 0 Å². The maximum Gasteiger partial charge on any atom is 0.313 e. The molecular weight excluding hydrogens is 384 g/mol. The minimum Gasteiger partial charge on any atom is -0.497 e. The maximum absolute atomic E-state index is 12.3. The van der Waals surface area contributed by atoms with Crippen LogP contribution < -0.4 is 20.1 Å². The number of anilines is 1. The van der Waals surface area contributed by atoms with E-state index in [-0.39, 0.29) is 0 Å². The van der Waals surface area contributed by atoms with Crippen LogP contribution in [0.4, 0.5) is 5.69 Å². The zero-order valence-electron chi connectivity index (χ0n) is 17.4. The van der Waals surface area contributed by atoms with Crippen LogP contribution in [0.5, 0.6) is 11.5 Å². The van der Waals surface area contributed by atoms with Crippen molar-refractivity contribution < 1.29 is 19.1 Å². The average molecular weight is 412 g/mol. The van der Waals surface area contributed by atoms with Crippen molar-refractivity contribution in [3.8, 4) is 11.5 Å². The minimum atomic E-state index is -0.726. The molecule has 3 rings (SSSR count). The van der Waals surface area contributed by atoms with E-state index in [0.717, 1.165) is 32.5 Å². The summed E-state index contributed by atoms with van der Waals surface area (Å²) in [6.07, 6.45) is 5.62. The SMILES string of the molecule is COc1ccc(OC)c(NC(=O)C(=O)NCC2CCN(Cc3cccnc3)CC2)c1. The molecule has 0 bridgehead atoms. The Hall–Kier alpha value is -3.13. The normalized spacial score (nSPS) is 14.7. The van der Waals surface area contributed by atoms with E-state index in [1.807, 2.05) is 12.3 Å². The van der Waals surface area contributed by atoms with Crippen LogP contribution in [-0.2, 0) is 16.1 Å². The molecule has 1 fully saturated rings. The van der Waals surface area contributed by atoms with Crippen LogP contribution in [0, 0.1) is 5.92 Å². The molecule has 1 aromatic heterocycles. The summed E-state index contributed by atoms with van der Waals surface area (Å²) in [6.45, 7) is 3.30. The van der Waals surface area contributed by atoms with Gasteiger partial charge in [-0.15, -0.1) is 0 Å². The molecule has 30 heavy (non-hydrogen) atoms. The number of rotatable bonds is 7. The van der Waals surface area contributed by atoms with Crippen molar-refractivity contribution in [2.24, 2.45) is 5.92 Å². The lowest BCUT2D eigenvalue weighted by atomic mass is 9.96. The number of nitrogens with one attached hydrogen (secondary N) is 2. The second kappa shape index (κ2) is 10.6. The first-order chi connectivity index (χ1) is 14.6. The fraction of sp³-hybridized carbons (Fsp3) is 0.409. The summed E-state index contributed by atoms with van der Waals surface area (Å²) in [7, 11) is 3.03. The Morgan fingerprint density at radius 1 is 1.13 bits per heavy atom. The molecule has 2 amide bonds. The number of hydrogen-bond donors (Lipinski definition) is 2. The summed E-state index contributed by atoms with van der Waals surface area (Å²) in [5.41, 5.74) is 1.59. The zero-order chi connectivity index (χ0) is 21.3. The Kier molecular flexibility index (Phi) is 7.62. The van der Waals surface area contributed by atoms with Gasteiger partial charge in [-0.05, 0) is 55.6 Å². The van der Waals surface area contributed by atoms with Gasteiger partial charge < -0.3 is 20.1 Å². The van der Waals surface area contributed by atoms with Gasteiger partial charge in [0.05, 0.1) is 19.9 Å². The van der Waals surface area contributed by atoms with E-state index in [9.17, 15) is 9.59 Å². The highest BCUT2D eigenvalue weighted by Crippen LogP contribution is 2.28. The second-order valence-electron chi connectivity index (χ2n) is 7.31. The van der Waals surface area contributed by atoms with Crippen molar-refractivity contribution in [2.75, 3.05) is 39.2 Å². The van der Waals surface area contributed by atoms with Crippen LogP contribution in [-0.4, -0.2) is 55.6 Å². The van der Waals surface area contributed by atoms with Crippen molar-refractivity contribution in [3.05, 3.63) is 48.3 Å². The molecule has 8 nitrogen and oxygen atoms in total. The molecule has 0 spiro atoms. The molecule has 0 atom stereocenters. The third-order valence-corrected chi connectivity index (χ3v) is 5.25. The van der Waals surface area contributed by atoms with E-state index in [4.69, 9.17) is 9.47 Å². The van der Waals surface area contributed by atoms with E-state index in [0.29, 0.717) is 29.6 Å². The van der Waals surface area contributed by atoms with E-state index >= 15 is 0 Å². The Morgan fingerprint density at radius 2 is 1.93 bits per heavy atom. The van der Waals surface area contributed by atoms with Crippen LogP contribution in [0.1, 0.15) is 18.4 Å². The minimum absolute atomic E-state index is 0.359. The van der Waals surface area contributed by atoms with E-state index in [2.05, 4.69) is 26.6 Å². The molecule has 160 valence electrons. The lowest BCUT2D eigenvalue weighted by Gasteiger charge is -2.31. The fourth-order valence-electron chi connectivity index (χ4n) is 3.51. The average Bonchev–Trinajstić information content (AvgIpc) is 2.79. The summed E-state index contributed by atoms with van der Waals surface area (Å²) in [5.74, 6) is -0.00558. The third kappa shape index (κ3) is 5.93. The molecular formula is C22H28N4O4. The summed E-state index contributed by atoms with van der Waals surface area (Å²) in [6, 6.07) is 9.03. The van der Waals surface area contributed by atoms with Crippen molar-refractivity contribution >= 4 is 17.5 Å². The van der Waals surface area contributed by atoms with Gasteiger partial charge in [-0.1, -0.05) is 6.07 Å². The molecule has 8 heteroatoms. The summed E-state index contributed by atoms with van der Waals surface area (Å²) in [5, 5.41) is 5.34. The number of carbonyl (C=O) groups excluding carboxylic acids is 2. The fourth-order valence-corrected chi connectivity index (χ4v) is 3.51. The number of amides is 2.